The van der Waals surface area contributed by atoms with Crippen LogP contribution < -0.4 is 9.47 Å². The molecule has 2 aromatic carbocycles. The smallest absolute Gasteiger partial charge is 0.197 e. The maximum absolute atomic E-state index is 13.8. The van der Waals surface area contributed by atoms with E-state index in [1.165, 1.54) is 11.6 Å². The van der Waals surface area contributed by atoms with Crippen LogP contribution in [0.5, 0.6) is 11.5 Å². The number of ether oxygens (including phenoxy) is 2. The zero-order valence-electron chi connectivity index (χ0n) is 11.9. The van der Waals surface area contributed by atoms with Gasteiger partial charge in [0.25, 0.3) is 0 Å². The third-order valence-electron chi connectivity index (χ3n) is 4.02. The van der Waals surface area contributed by atoms with E-state index in [2.05, 4.69) is 17.0 Å². The highest BCUT2D eigenvalue weighted by atomic mass is 35.5. The first-order valence-corrected chi connectivity index (χ1v) is 7.18. The van der Waals surface area contributed by atoms with Crippen molar-refractivity contribution in [3.63, 3.8) is 0 Å². The normalized spacial score (nSPS) is 22.8. The molecule has 1 fully saturated rings. The minimum Gasteiger partial charge on any atom is -0.481 e. The van der Waals surface area contributed by atoms with E-state index in [0.29, 0.717) is 5.75 Å². The summed E-state index contributed by atoms with van der Waals surface area (Å²) in [4.78, 5) is 2.29. The highest BCUT2D eigenvalue weighted by molar-refractivity contribution is 5.85. The van der Waals surface area contributed by atoms with Gasteiger partial charge in [0.2, 0.25) is 0 Å². The molecule has 0 N–H and O–H groups in total. The Kier molecular flexibility index (Phi) is 4.23. The number of para-hydroxylation sites is 1. The number of benzene rings is 2. The number of nitrogens with zero attached hydrogens (tertiary/aromatic N) is 1. The summed E-state index contributed by atoms with van der Waals surface area (Å²) in [6, 6.07) is 15.1. The van der Waals surface area contributed by atoms with Crippen molar-refractivity contribution in [2.45, 2.75) is 18.8 Å². The lowest BCUT2D eigenvalue weighted by Gasteiger charge is -2.28. The minimum absolute atomic E-state index is 0. The fourth-order valence-corrected chi connectivity index (χ4v) is 3.03. The molecule has 1 saturated heterocycles. The molecular formula is C17H17ClFNO2. The summed E-state index contributed by atoms with van der Waals surface area (Å²) in [5.74, 6) is 0.408. The zero-order chi connectivity index (χ0) is 14.2. The van der Waals surface area contributed by atoms with E-state index in [0.717, 1.165) is 19.6 Å². The van der Waals surface area contributed by atoms with Crippen LogP contribution in [-0.4, -0.2) is 30.2 Å². The quantitative estimate of drug-likeness (QED) is 0.847. The van der Waals surface area contributed by atoms with Crippen molar-refractivity contribution in [1.29, 1.82) is 0 Å². The molecule has 2 aliphatic rings. The van der Waals surface area contributed by atoms with Gasteiger partial charge in [0.1, 0.15) is 12.2 Å². The van der Waals surface area contributed by atoms with Gasteiger partial charge in [-0.1, -0.05) is 36.4 Å². The van der Waals surface area contributed by atoms with Crippen molar-refractivity contribution in [2.24, 2.45) is 0 Å². The van der Waals surface area contributed by atoms with Crippen molar-refractivity contribution in [1.82, 2.24) is 4.90 Å². The molecule has 0 amide bonds. The number of fused-ring (bicyclic) bond motifs is 2. The molecule has 116 valence electrons. The topological polar surface area (TPSA) is 21.7 Å². The first kappa shape index (κ1) is 15.1. The van der Waals surface area contributed by atoms with Gasteiger partial charge in [0.05, 0.1) is 0 Å². The van der Waals surface area contributed by atoms with Gasteiger partial charge in [0, 0.05) is 19.6 Å². The molecule has 3 nitrogen and oxygen atoms in total. The molecule has 5 heteroatoms. The lowest BCUT2D eigenvalue weighted by Crippen LogP contribution is -2.38. The second-order valence-electron chi connectivity index (χ2n) is 5.56. The Labute approximate surface area is 135 Å². The van der Waals surface area contributed by atoms with Crippen LogP contribution in [0.3, 0.4) is 0 Å². The van der Waals surface area contributed by atoms with Gasteiger partial charge in [-0.3, -0.25) is 4.90 Å². The van der Waals surface area contributed by atoms with E-state index in [4.69, 9.17) is 9.47 Å². The first-order chi connectivity index (χ1) is 10.3. The Morgan fingerprint density at radius 3 is 2.45 bits per heavy atom. The van der Waals surface area contributed by atoms with Gasteiger partial charge in [0.15, 0.2) is 17.3 Å². The Morgan fingerprint density at radius 2 is 1.68 bits per heavy atom. The van der Waals surface area contributed by atoms with Crippen molar-refractivity contribution < 1.29 is 13.9 Å². The Bertz CT molecular complexity index is 652. The molecular weight excluding hydrogens is 305 g/mol. The maximum atomic E-state index is 13.8. The van der Waals surface area contributed by atoms with Crippen LogP contribution in [0.4, 0.5) is 4.39 Å². The molecule has 2 heterocycles. The van der Waals surface area contributed by atoms with E-state index in [-0.39, 0.29) is 36.2 Å². The van der Waals surface area contributed by atoms with Crippen LogP contribution in [0.25, 0.3) is 0 Å². The average molecular weight is 322 g/mol. The summed E-state index contributed by atoms with van der Waals surface area (Å²) < 4.78 is 25.5. The van der Waals surface area contributed by atoms with Crippen LogP contribution in [-0.2, 0) is 6.54 Å². The Hall–Kier alpha value is -1.78. The molecule has 0 bridgehead atoms. The summed E-state index contributed by atoms with van der Waals surface area (Å²) in [6.45, 7) is 2.42. The lowest BCUT2D eigenvalue weighted by molar-refractivity contribution is 0.0510. The molecule has 0 aliphatic carbocycles. The summed E-state index contributed by atoms with van der Waals surface area (Å²) in [5, 5.41) is 0. The fraction of sp³-hybridized carbons (Fsp3) is 0.294. The summed E-state index contributed by atoms with van der Waals surface area (Å²) in [7, 11) is 0. The predicted octanol–water partition coefficient (Wildman–Crippen LogP) is 3.27. The Morgan fingerprint density at radius 1 is 0.955 bits per heavy atom. The van der Waals surface area contributed by atoms with Crippen molar-refractivity contribution in [3.8, 4) is 11.5 Å². The third-order valence-corrected chi connectivity index (χ3v) is 4.02. The largest absolute Gasteiger partial charge is 0.481 e. The highest BCUT2D eigenvalue weighted by Crippen LogP contribution is 2.38. The van der Waals surface area contributed by atoms with Gasteiger partial charge in [-0.05, 0) is 17.7 Å². The molecule has 2 aromatic rings. The minimum atomic E-state index is -0.354. The van der Waals surface area contributed by atoms with Gasteiger partial charge in [-0.25, -0.2) is 4.39 Å². The van der Waals surface area contributed by atoms with E-state index in [9.17, 15) is 4.39 Å². The van der Waals surface area contributed by atoms with Crippen LogP contribution in [0.2, 0.25) is 0 Å². The second-order valence-corrected chi connectivity index (χ2v) is 5.56. The van der Waals surface area contributed by atoms with E-state index >= 15 is 0 Å². The van der Waals surface area contributed by atoms with Crippen molar-refractivity contribution >= 4 is 12.4 Å². The van der Waals surface area contributed by atoms with E-state index < -0.39 is 0 Å². The lowest BCUT2D eigenvalue weighted by atomic mass is 10.2. The SMILES string of the molecule is Cl.Fc1cccc2c1O[C@H]1CN(Cc3ccccc3)C[C@@H]1O2. The summed E-state index contributed by atoms with van der Waals surface area (Å²) in [5.41, 5.74) is 1.26. The molecule has 0 radical (unpaired) electrons. The van der Waals surface area contributed by atoms with Crippen LogP contribution >= 0.6 is 12.4 Å². The zero-order valence-corrected chi connectivity index (χ0v) is 12.8. The predicted molar refractivity (Wildman–Crippen MR) is 84.2 cm³/mol. The number of hydrogen-bond acceptors (Lipinski definition) is 3. The number of likely N-dealkylation sites (tertiary alicyclic amines) is 1. The third kappa shape index (κ3) is 2.76. The van der Waals surface area contributed by atoms with Crippen molar-refractivity contribution in [2.75, 3.05) is 13.1 Å². The molecule has 2 aliphatic heterocycles. The van der Waals surface area contributed by atoms with E-state index in [1.54, 1.807) is 12.1 Å². The number of halogens is 2. The number of hydrogen-bond donors (Lipinski definition) is 0. The van der Waals surface area contributed by atoms with Crippen LogP contribution in [0.15, 0.2) is 48.5 Å². The van der Waals surface area contributed by atoms with Gasteiger partial charge >= 0.3 is 0 Å². The second kappa shape index (κ2) is 6.15. The molecule has 0 aromatic heterocycles. The Balaban J connectivity index is 0.00000144. The fourth-order valence-electron chi connectivity index (χ4n) is 3.03. The summed E-state index contributed by atoms with van der Waals surface area (Å²) in [6.07, 6.45) is -0.124. The maximum Gasteiger partial charge on any atom is 0.197 e. The molecule has 0 saturated carbocycles. The van der Waals surface area contributed by atoms with Gasteiger partial charge in [-0.2, -0.15) is 0 Å². The van der Waals surface area contributed by atoms with Crippen LogP contribution in [0.1, 0.15) is 5.56 Å². The molecule has 4 rings (SSSR count). The standard InChI is InChI=1S/C17H16FNO2.ClH/c18-13-7-4-8-14-17(13)21-16-11-19(10-15(16)20-14)9-12-5-2-1-3-6-12;/h1-8,15-16H,9-11H2;1H/t15-,16-;/m0./s1. The highest BCUT2D eigenvalue weighted by Gasteiger charge is 2.40. The van der Waals surface area contributed by atoms with E-state index in [1.807, 2.05) is 18.2 Å². The average Bonchev–Trinajstić information content (AvgIpc) is 2.88. The molecule has 0 spiro atoms. The first-order valence-electron chi connectivity index (χ1n) is 7.18. The van der Waals surface area contributed by atoms with Gasteiger partial charge < -0.3 is 9.47 Å². The molecule has 2 atom stereocenters. The molecule has 0 unspecified atom stereocenters. The molecule has 22 heavy (non-hydrogen) atoms. The summed E-state index contributed by atoms with van der Waals surface area (Å²) >= 11 is 0. The monoisotopic (exact) mass is 321 g/mol. The van der Waals surface area contributed by atoms with Crippen molar-refractivity contribution in [3.05, 3.63) is 59.9 Å². The van der Waals surface area contributed by atoms with Gasteiger partial charge in [-0.15, -0.1) is 12.4 Å². The van der Waals surface area contributed by atoms with Crippen LogP contribution in [0, 0.1) is 5.82 Å². The number of rotatable bonds is 2.